The van der Waals surface area contributed by atoms with E-state index >= 15 is 0 Å². The van der Waals surface area contributed by atoms with Crippen LogP contribution in [0.15, 0.2) is 82.5 Å². The molecular weight excluding hydrogens is 512 g/mol. The summed E-state index contributed by atoms with van der Waals surface area (Å²) in [6.07, 6.45) is 2.81. The SMILES string of the molecule is O=Nc1c(-c2c(O)n(Cc3ccc(/C=C/C(=O)NO)cc3)c3ccc(Br)cc23)[nH]c2ccccc12. The number of nitrogens with one attached hydrogen (secondary N) is 2. The van der Waals surface area contributed by atoms with Crippen molar-refractivity contribution in [2.75, 3.05) is 0 Å². The molecule has 35 heavy (non-hydrogen) atoms. The molecule has 174 valence electrons. The molecule has 3 aromatic carbocycles. The Kier molecular flexibility index (Phi) is 5.94. The summed E-state index contributed by atoms with van der Waals surface area (Å²) in [6, 6.07) is 20.5. The summed E-state index contributed by atoms with van der Waals surface area (Å²) < 4.78 is 2.62. The van der Waals surface area contributed by atoms with Crippen LogP contribution in [0.5, 0.6) is 5.88 Å². The second-order valence-electron chi connectivity index (χ2n) is 7.98. The maximum atomic E-state index is 11.8. The van der Waals surface area contributed by atoms with E-state index in [9.17, 15) is 14.8 Å². The van der Waals surface area contributed by atoms with Crippen molar-refractivity contribution in [3.63, 3.8) is 0 Å². The molecule has 0 aliphatic carbocycles. The zero-order valence-corrected chi connectivity index (χ0v) is 19.8. The van der Waals surface area contributed by atoms with Crippen molar-refractivity contribution >= 4 is 55.4 Å². The van der Waals surface area contributed by atoms with E-state index in [0.717, 1.165) is 32.0 Å². The van der Waals surface area contributed by atoms with E-state index < -0.39 is 5.91 Å². The molecule has 2 aromatic heterocycles. The van der Waals surface area contributed by atoms with E-state index in [1.165, 1.54) is 6.08 Å². The van der Waals surface area contributed by atoms with Gasteiger partial charge in [-0.25, -0.2) is 5.48 Å². The van der Waals surface area contributed by atoms with Crippen molar-refractivity contribution < 1.29 is 15.1 Å². The van der Waals surface area contributed by atoms with Gasteiger partial charge in [-0.3, -0.25) is 10.0 Å². The summed E-state index contributed by atoms with van der Waals surface area (Å²) in [7, 11) is 0. The van der Waals surface area contributed by atoms with E-state index in [0.29, 0.717) is 23.2 Å². The summed E-state index contributed by atoms with van der Waals surface area (Å²) in [5.41, 5.74) is 6.01. The first-order chi connectivity index (χ1) is 17.0. The third-order valence-corrected chi connectivity index (χ3v) is 6.37. The third-order valence-electron chi connectivity index (χ3n) is 5.88. The molecule has 1 amide bonds. The number of aromatic nitrogens is 2. The zero-order valence-electron chi connectivity index (χ0n) is 18.2. The fourth-order valence-electron chi connectivity index (χ4n) is 4.25. The molecule has 8 nitrogen and oxygen atoms in total. The molecule has 5 rings (SSSR count). The molecule has 0 spiro atoms. The minimum Gasteiger partial charge on any atom is -0.494 e. The predicted molar refractivity (Wildman–Crippen MR) is 139 cm³/mol. The Labute approximate surface area is 207 Å². The van der Waals surface area contributed by atoms with E-state index in [2.05, 4.69) is 26.1 Å². The molecule has 0 saturated carbocycles. The summed E-state index contributed by atoms with van der Waals surface area (Å²) in [4.78, 5) is 26.3. The van der Waals surface area contributed by atoms with E-state index in [4.69, 9.17) is 5.21 Å². The number of nitrogens with zero attached hydrogens (tertiary/aromatic N) is 2. The number of hydroxylamine groups is 1. The van der Waals surface area contributed by atoms with Crippen LogP contribution in [0.3, 0.4) is 0 Å². The summed E-state index contributed by atoms with van der Waals surface area (Å²) in [6.45, 7) is 0.370. The van der Waals surface area contributed by atoms with E-state index in [1.807, 2.05) is 66.7 Å². The van der Waals surface area contributed by atoms with Crippen molar-refractivity contribution in [1.29, 1.82) is 0 Å². The minimum atomic E-state index is -0.613. The number of benzene rings is 3. The molecule has 0 saturated heterocycles. The molecule has 0 aliphatic heterocycles. The summed E-state index contributed by atoms with van der Waals surface area (Å²) in [5, 5.41) is 24.7. The van der Waals surface area contributed by atoms with Gasteiger partial charge in [0.25, 0.3) is 5.91 Å². The minimum absolute atomic E-state index is 0.0122. The number of carbonyl (C=O) groups excluding carboxylic acids is 1. The Morgan fingerprint density at radius 3 is 2.60 bits per heavy atom. The average Bonchev–Trinajstić information content (AvgIpc) is 3.37. The van der Waals surface area contributed by atoms with Gasteiger partial charge in [-0.15, -0.1) is 4.91 Å². The average molecular weight is 531 g/mol. The summed E-state index contributed by atoms with van der Waals surface area (Å²) >= 11 is 3.51. The van der Waals surface area contributed by atoms with Gasteiger partial charge in [0.1, 0.15) is 5.69 Å². The van der Waals surface area contributed by atoms with Crippen LogP contribution in [0.25, 0.3) is 39.1 Å². The lowest BCUT2D eigenvalue weighted by Gasteiger charge is -2.08. The van der Waals surface area contributed by atoms with Gasteiger partial charge >= 0.3 is 0 Å². The largest absolute Gasteiger partial charge is 0.494 e. The highest BCUT2D eigenvalue weighted by molar-refractivity contribution is 9.10. The number of H-pyrrole nitrogens is 1. The van der Waals surface area contributed by atoms with Crippen LogP contribution >= 0.6 is 15.9 Å². The van der Waals surface area contributed by atoms with Gasteiger partial charge in [0.15, 0.2) is 0 Å². The highest BCUT2D eigenvalue weighted by Crippen LogP contribution is 2.46. The lowest BCUT2D eigenvalue weighted by molar-refractivity contribution is -0.124. The van der Waals surface area contributed by atoms with Gasteiger partial charge in [0.05, 0.1) is 23.3 Å². The quantitative estimate of drug-likeness (QED) is 0.0900. The van der Waals surface area contributed by atoms with Crippen LogP contribution in [0.1, 0.15) is 11.1 Å². The topological polar surface area (TPSA) is 120 Å². The number of fused-ring (bicyclic) bond motifs is 2. The first kappa shape index (κ1) is 22.6. The number of para-hydroxylation sites is 1. The van der Waals surface area contributed by atoms with Gasteiger partial charge < -0.3 is 14.7 Å². The third kappa shape index (κ3) is 4.11. The molecule has 0 fully saturated rings. The van der Waals surface area contributed by atoms with Crippen LogP contribution in [-0.4, -0.2) is 25.8 Å². The predicted octanol–water partition coefficient (Wildman–Crippen LogP) is 6.22. The van der Waals surface area contributed by atoms with E-state index in [1.54, 1.807) is 16.1 Å². The molecule has 0 atom stereocenters. The Morgan fingerprint density at radius 2 is 1.86 bits per heavy atom. The molecular formula is C26H19BrN4O4. The second-order valence-corrected chi connectivity index (χ2v) is 8.90. The standard InChI is InChI=1S/C26H19BrN4O4/c27-17-10-11-21-19(13-17)23(25-24(30-35)18-3-1-2-4-20(18)28-25)26(33)31(21)14-16-7-5-15(6-8-16)9-12-22(32)29-34/h1-13,28,33-34H,14H2,(H,29,32)/b12-9+. The highest BCUT2D eigenvalue weighted by atomic mass is 79.9. The molecule has 0 aliphatic rings. The maximum absolute atomic E-state index is 11.8. The van der Waals surface area contributed by atoms with Crippen molar-refractivity contribution in [1.82, 2.24) is 15.0 Å². The van der Waals surface area contributed by atoms with Crippen molar-refractivity contribution in [2.45, 2.75) is 6.54 Å². The summed E-state index contributed by atoms with van der Waals surface area (Å²) in [5.74, 6) is -0.601. The fraction of sp³-hybridized carbons (Fsp3) is 0.0385. The Balaban J connectivity index is 1.61. The number of amides is 1. The molecule has 0 radical (unpaired) electrons. The van der Waals surface area contributed by atoms with Crippen molar-refractivity contribution in [2.24, 2.45) is 5.18 Å². The molecule has 0 unspecified atom stereocenters. The first-order valence-electron chi connectivity index (χ1n) is 10.7. The fourth-order valence-corrected chi connectivity index (χ4v) is 4.61. The number of hydrogen-bond donors (Lipinski definition) is 4. The van der Waals surface area contributed by atoms with Crippen LogP contribution in [0.4, 0.5) is 5.69 Å². The molecule has 5 aromatic rings. The van der Waals surface area contributed by atoms with Gasteiger partial charge in [-0.1, -0.05) is 58.4 Å². The number of rotatable bonds is 6. The monoisotopic (exact) mass is 530 g/mol. The molecule has 4 N–H and O–H groups in total. The van der Waals surface area contributed by atoms with Crippen LogP contribution < -0.4 is 5.48 Å². The molecule has 9 heteroatoms. The number of halogens is 1. The van der Waals surface area contributed by atoms with Gasteiger partial charge in [0.2, 0.25) is 5.88 Å². The van der Waals surface area contributed by atoms with Gasteiger partial charge in [-0.2, -0.15) is 0 Å². The van der Waals surface area contributed by atoms with Crippen molar-refractivity contribution in [3.05, 3.63) is 93.3 Å². The number of carbonyl (C=O) groups is 1. The number of aromatic amines is 1. The van der Waals surface area contributed by atoms with Gasteiger partial charge in [0, 0.05) is 26.8 Å². The Bertz CT molecular complexity index is 1620. The lowest BCUT2D eigenvalue weighted by atomic mass is 10.1. The number of hydrogen-bond acceptors (Lipinski definition) is 5. The van der Waals surface area contributed by atoms with Crippen LogP contribution in [0, 0.1) is 4.91 Å². The second kappa shape index (κ2) is 9.21. The first-order valence-corrected chi connectivity index (χ1v) is 11.5. The van der Waals surface area contributed by atoms with Crippen LogP contribution in [0.2, 0.25) is 0 Å². The lowest BCUT2D eigenvalue weighted by Crippen LogP contribution is -2.14. The number of nitroso groups, excluding NO2 is 1. The van der Waals surface area contributed by atoms with Gasteiger partial charge in [-0.05, 0) is 46.6 Å². The zero-order chi connectivity index (χ0) is 24.5. The smallest absolute Gasteiger partial charge is 0.267 e. The normalized spacial score (nSPS) is 11.5. The van der Waals surface area contributed by atoms with E-state index in [-0.39, 0.29) is 11.6 Å². The van der Waals surface area contributed by atoms with Crippen LogP contribution in [-0.2, 0) is 11.3 Å². The molecule has 0 bridgehead atoms. The maximum Gasteiger partial charge on any atom is 0.267 e. The Hall–Kier alpha value is -4.21. The number of aromatic hydroxyl groups is 1. The highest BCUT2D eigenvalue weighted by Gasteiger charge is 2.24. The Morgan fingerprint density at radius 1 is 1.09 bits per heavy atom. The molecule has 2 heterocycles. The van der Waals surface area contributed by atoms with Crippen molar-refractivity contribution in [3.8, 4) is 17.1 Å².